The Morgan fingerprint density at radius 1 is 1.09 bits per heavy atom. The van der Waals surface area contributed by atoms with Crippen LogP contribution in [-0.4, -0.2) is 11.7 Å². The van der Waals surface area contributed by atoms with Crippen molar-refractivity contribution < 1.29 is 5.11 Å². The molecule has 0 aromatic heterocycles. The molecule has 0 saturated heterocycles. The number of rotatable bonds is 11. The van der Waals surface area contributed by atoms with Gasteiger partial charge < -0.3 is 5.11 Å². The molecule has 0 saturated carbocycles. The molecule has 0 heterocycles. The second-order valence-corrected chi connectivity index (χ2v) is 6.72. The van der Waals surface area contributed by atoms with E-state index in [0.717, 1.165) is 12.0 Å². The maximum absolute atomic E-state index is 8.85. The molecule has 0 radical (unpaired) electrons. The molecule has 0 spiro atoms. The molecule has 0 rings (SSSR count). The number of hydrogen-bond donors (Lipinski definition) is 1. The molecule has 0 aliphatic carbocycles. The van der Waals surface area contributed by atoms with Crippen molar-refractivity contribution in [2.45, 2.75) is 80.1 Å². The third-order valence-electron chi connectivity index (χ3n) is 4.46. The van der Waals surface area contributed by atoms with Crippen molar-refractivity contribution in [2.75, 3.05) is 6.61 Å². The average molecular weight is 319 g/mol. The Labute approximate surface area is 144 Å². The quantitative estimate of drug-likeness (QED) is 0.253. The van der Waals surface area contributed by atoms with E-state index >= 15 is 0 Å². The summed E-state index contributed by atoms with van der Waals surface area (Å²) in [5, 5.41) is 8.85. The van der Waals surface area contributed by atoms with E-state index < -0.39 is 0 Å². The van der Waals surface area contributed by atoms with E-state index in [1.807, 2.05) is 13.0 Å². The number of allylic oxidation sites excluding steroid dienone is 7. The Hall–Kier alpha value is -1.08. The molecular weight excluding hydrogens is 280 g/mol. The Balaban J connectivity index is 4.71. The van der Waals surface area contributed by atoms with Crippen molar-refractivity contribution >= 4 is 0 Å². The van der Waals surface area contributed by atoms with Gasteiger partial charge in [0.05, 0.1) is 6.61 Å². The molecule has 1 N–H and O–H groups in total. The van der Waals surface area contributed by atoms with Gasteiger partial charge in [0.15, 0.2) is 0 Å². The SMILES string of the molecule is CCCCCC(C)=C(CC)C(C)CC(C)=CC=CC(C)=CCO. The standard InChI is InChI=1S/C22H38O/c1-7-9-10-14-20(5)22(8-2)21(6)17-19(4)13-11-12-18(3)15-16-23/h11-13,15,21,23H,7-10,14,16-17H2,1-6H3. The fourth-order valence-corrected chi connectivity index (χ4v) is 3.12. The first-order chi connectivity index (χ1) is 11.0. The lowest BCUT2D eigenvalue weighted by molar-refractivity contribution is 0.342. The van der Waals surface area contributed by atoms with E-state index in [4.69, 9.17) is 5.11 Å². The fraction of sp³-hybridized carbons (Fsp3) is 0.636. The lowest BCUT2D eigenvalue weighted by Crippen LogP contribution is -2.03. The Morgan fingerprint density at radius 3 is 2.35 bits per heavy atom. The molecule has 1 heteroatoms. The van der Waals surface area contributed by atoms with E-state index in [-0.39, 0.29) is 6.61 Å². The van der Waals surface area contributed by atoms with Crippen molar-refractivity contribution in [3.8, 4) is 0 Å². The second kappa shape index (κ2) is 13.4. The lowest BCUT2D eigenvalue weighted by Gasteiger charge is -2.19. The molecule has 0 aromatic carbocycles. The molecular formula is C22H38O. The van der Waals surface area contributed by atoms with Crippen LogP contribution in [0.4, 0.5) is 0 Å². The predicted molar refractivity (Wildman–Crippen MR) is 105 cm³/mol. The van der Waals surface area contributed by atoms with Crippen LogP contribution in [0.1, 0.15) is 80.1 Å². The first-order valence-corrected chi connectivity index (χ1v) is 9.26. The molecule has 0 bridgehead atoms. The van der Waals surface area contributed by atoms with Crippen LogP contribution in [0.15, 0.2) is 46.6 Å². The Bertz CT molecular complexity index is 435. The first kappa shape index (κ1) is 21.9. The summed E-state index contributed by atoms with van der Waals surface area (Å²) in [7, 11) is 0. The largest absolute Gasteiger partial charge is 0.392 e. The van der Waals surface area contributed by atoms with Crippen LogP contribution >= 0.6 is 0 Å². The maximum Gasteiger partial charge on any atom is 0.0617 e. The summed E-state index contributed by atoms with van der Waals surface area (Å²) < 4.78 is 0. The summed E-state index contributed by atoms with van der Waals surface area (Å²) in [5.74, 6) is 0.625. The molecule has 1 atom stereocenters. The van der Waals surface area contributed by atoms with Gasteiger partial charge in [-0.1, -0.05) is 80.2 Å². The number of aliphatic hydroxyl groups excluding tert-OH is 1. The van der Waals surface area contributed by atoms with Crippen LogP contribution in [0.5, 0.6) is 0 Å². The minimum Gasteiger partial charge on any atom is -0.392 e. The van der Waals surface area contributed by atoms with E-state index in [9.17, 15) is 0 Å². The van der Waals surface area contributed by atoms with Gasteiger partial charge in [0, 0.05) is 0 Å². The lowest BCUT2D eigenvalue weighted by atomic mass is 9.87. The Kier molecular flexibility index (Phi) is 12.7. The summed E-state index contributed by atoms with van der Waals surface area (Å²) in [6.07, 6.45) is 15.7. The van der Waals surface area contributed by atoms with Gasteiger partial charge in [-0.05, 0) is 52.4 Å². The minimum absolute atomic E-state index is 0.109. The van der Waals surface area contributed by atoms with Gasteiger partial charge >= 0.3 is 0 Å². The van der Waals surface area contributed by atoms with E-state index in [1.54, 1.807) is 11.1 Å². The molecule has 0 fully saturated rings. The first-order valence-electron chi connectivity index (χ1n) is 9.26. The highest BCUT2D eigenvalue weighted by molar-refractivity contribution is 5.23. The van der Waals surface area contributed by atoms with Crippen LogP contribution in [0, 0.1) is 5.92 Å². The molecule has 1 unspecified atom stereocenters. The van der Waals surface area contributed by atoms with Gasteiger partial charge in [-0.15, -0.1) is 0 Å². The van der Waals surface area contributed by atoms with Gasteiger partial charge in [0.1, 0.15) is 0 Å². The fourth-order valence-electron chi connectivity index (χ4n) is 3.12. The van der Waals surface area contributed by atoms with Gasteiger partial charge in [-0.2, -0.15) is 0 Å². The summed E-state index contributed by atoms with van der Waals surface area (Å²) in [6.45, 7) is 13.6. The van der Waals surface area contributed by atoms with Crippen molar-refractivity contribution in [3.05, 3.63) is 46.6 Å². The zero-order chi connectivity index (χ0) is 17.7. The van der Waals surface area contributed by atoms with E-state index in [0.29, 0.717) is 5.92 Å². The van der Waals surface area contributed by atoms with Crippen LogP contribution in [0.25, 0.3) is 0 Å². The third-order valence-corrected chi connectivity index (χ3v) is 4.46. The van der Waals surface area contributed by atoms with Gasteiger partial charge in [0.25, 0.3) is 0 Å². The van der Waals surface area contributed by atoms with E-state index in [2.05, 4.69) is 52.8 Å². The molecule has 1 nitrogen and oxygen atoms in total. The third kappa shape index (κ3) is 10.3. The molecule has 0 aliphatic rings. The van der Waals surface area contributed by atoms with Crippen LogP contribution in [0.2, 0.25) is 0 Å². The topological polar surface area (TPSA) is 20.2 Å². The van der Waals surface area contributed by atoms with Crippen molar-refractivity contribution in [1.82, 2.24) is 0 Å². The zero-order valence-corrected chi connectivity index (χ0v) is 16.3. The van der Waals surface area contributed by atoms with E-state index in [1.165, 1.54) is 37.7 Å². The second-order valence-electron chi connectivity index (χ2n) is 6.72. The minimum atomic E-state index is 0.109. The Morgan fingerprint density at radius 2 is 1.78 bits per heavy atom. The normalized spacial score (nSPS) is 16.0. The number of unbranched alkanes of at least 4 members (excludes halogenated alkanes) is 2. The number of hydrogen-bond acceptors (Lipinski definition) is 1. The highest BCUT2D eigenvalue weighted by Gasteiger charge is 2.10. The molecule has 0 amide bonds. The van der Waals surface area contributed by atoms with Crippen molar-refractivity contribution in [3.63, 3.8) is 0 Å². The highest BCUT2D eigenvalue weighted by atomic mass is 16.2. The van der Waals surface area contributed by atoms with Gasteiger partial charge in [-0.25, -0.2) is 0 Å². The summed E-state index contributed by atoms with van der Waals surface area (Å²) in [5.41, 5.74) is 5.77. The van der Waals surface area contributed by atoms with Crippen LogP contribution in [-0.2, 0) is 0 Å². The average Bonchev–Trinajstić information content (AvgIpc) is 2.48. The van der Waals surface area contributed by atoms with Gasteiger partial charge in [-0.3, -0.25) is 0 Å². The number of aliphatic hydroxyl groups is 1. The van der Waals surface area contributed by atoms with Crippen LogP contribution in [0.3, 0.4) is 0 Å². The van der Waals surface area contributed by atoms with Crippen molar-refractivity contribution in [1.29, 1.82) is 0 Å². The smallest absolute Gasteiger partial charge is 0.0617 e. The summed E-state index contributed by atoms with van der Waals surface area (Å²) >= 11 is 0. The maximum atomic E-state index is 8.85. The summed E-state index contributed by atoms with van der Waals surface area (Å²) in [4.78, 5) is 0. The highest BCUT2D eigenvalue weighted by Crippen LogP contribution is 2.27. The summed E-state index contributed by atoms with van der Waals surface area (Å²) in [6, 6.07) is 0. The van der Waals surface area contributed by atoms with Gasteiger partial charge in [0.2, 0.25) is 0 Å². The monoisotopic (exact) mass is 318 g/mol. The molecule has 0 aliphatic heterocycles. The molecule has 0 aromatic rings. The zero-order valence-electron chi connectivity index (χ0n) is 16.3. The molecule has 23 heavy (non-hydrogen) atoms. The molecule has 132 valence electrons. The predicted octanol–water partition coefficient (Wildman–Crippen LogP) is 6.76. The van der Waals surface area contributed by atoms with Crippen molar-refractivity contribution in [2.24, 2.45) is 5.92 Å². The van der Waals surface area contributed by atoms with Crippen LogP contribution < -0.4 is 0 Å².